The Hall–Kier alpha value is -3.39. The predicted octanol–water partition coefficient (Wildman–Crippen LogP) is 5.79. The number of rotatable bonds is 5. The molecule has 0 spiro atoms. The third kappa shape index (κ3) is 4.83. The Kier molecular flexibility index (Phi) is 6.01. The molecule has 0 N–H and O–H groups in total. The first kappa shape index (κ1) is 18.4. The van der Waals surface area contributed by atoms with Gasteiger partial charge in [-0.3, -0.25) is 0 Å². The molecule has 0 saturated heterocycles. The van der Waals surface area contributed by atoms with E-state index in [1.54, 1.807) is 0 Å². The monoisotopic (exact) mass is 354 g/mol. The van der Waals surface area contributed by atoms with Crippen LogP contribution < -0.4 is 0 Å². The third-order valence-electron chi connectivity index (χ3n) is 4.30. The first-order valence-electron chi connectivity index (χ1n) is 8.86. The topological polar surface area (TPSA) is 26.3 Å². The lowest BCUT2D eigenvalue weighted by atomic mass is 9.96. The van der Waals surface area contributed by atoms with Crippen LogP contribution in [0.25, 0.3) is 17.2 Å². The van der Waals surface area contributed by atoms with Gasteiger partial charge in [0, 0.05) is 0 Å². The minimum absolute atomic E-state index is 0.353. The maximum absolute atomic E-state index is 12.5. The summed E-state index contributed by atoms with van der Waals surface area (Å²) in [6.45, 7) is 2.02. The van der Waals surface area contributed by atoms with Gasteiger partial charge in [-0.25, -0.2) is 4.79 Å². The summed E-state index contributed by atoms with van der Waals surface area (Å²) in [6.07, 6.45) is 3.98. The molecule has 3 aromatic rings. The van der Waals surface area contributed by atoms with E-state index in [4.69, 9.17) is 4.74 Å². The number of allylic oxidation sites excluding steroid dienone is 2. The standard InChI is InChI=1S/C25H22O2/c1-19-13-15-22(16-14-19)24(25(26)27-2)18-23(21-11-7-4-8-12-21)17-20-9-5-3-6-10-20/h3-18H,1-2H3/b23-17+,24-18+. The summed E-state index contributed by atoms with van der Waals surface area (Å²) < 4.78 is 5.05. The van der Waals surface area contributed by atoms with Crippen LogP contribution in [0.15, 0.2) is 91.0 Å². The number of aryl methyl sites for hydroxylation is 1. The molecule has 0 aromatic heterocycles. The summed E-state index contributed by atoms with van der Waals surface area (Å²) in [5, 5.41) is 0. The maximum Gasteiger partial charge on any atom is 0.338 e. The lowest BCUT2D eigenvalue weighted by molar-refractivity contribution is -0.133. The number of benzene rings is 3. The molecule has 3 aromatic carbocycles. The molecule has 0 aliphatic carbocycles. The molecule has 27 heavy (non-hydrogen) atoms. The summed E-state index contributed by atoms with van der Waals surface area (Å²) in [5.41, 5.74) is 5.57. The molecule has 0 radical (unpaired) electrons. The molecule has 0 heterocycles. The second-order valence-corrected chi connectivity index (χ2v) is 6.29. The van der Waals surface area contributed by atoms with Gasteiger partial charge in [0.2, 0.25) is 0 Å². The summed E-state index contributed by atoms with van der Waals surface area (Å²) in [7, 11) is 1.41. The molecule has 0 atom stereocenters. The van der Waals surface area contributed by atoms with Crippen molar-refractivity contribution in [2.24, 2.45) is 0 Å². The van der Waals surface area contributed by atoms with Gasteiger partial charge in [-0.05, 0) is 41.3 Å². The Labute approximate surface area is 160 Å². The number of hydrogen-bond donors (Lipinski definition) is 0. The van der Waals surface area contributed by atoms with Crippen molar-refractivity contribution in [1.82, 2.24) is 0 Å². The number of hydrogen-bond acceptors (Lipinski definition) is 2. The van der Waals surface area contributed by atoms with Gasteiger partial charge in [0.25, 0.3) is 0 Å². The van der Waals surface area contributed by atoms with Crippen molar-refractivity contribution >= 4 is 23.2 Å². The molecule has 0 unspecified atom stereocenters. The predicted molar refractivity (Wildman–Crippen MR) is 112 cm³/mol. The van der Waals surface area contributed by atoms with Crippen LogP contribution in [0.3, 0.4) is 0 Å². The third-order valence-corrected chi connectivity index (χ3v) is 4.30. The molecule has 0 aliphatic rings. The fourth-order valence-corrected chi connectivity index (χ4v) is 2.83. The van der Waals surface area contributed by atoms with Gasteiger partial charge in [0.1, 0.15) is 0 Å². The molecule has 0 saturated carbocycles. The van der Waals surface area contributed by atoms with Crippen molar-refractivity contribution in [3.05, 3.63) is 113 Å². The number of carbonyl (C=O) groups is 1. The zero-order valence-electron chi connectivity index (χ0n) is 15.6. The molecule has 0 bridgehead atoms. The maximum atomic E-state index is 12.5. The van der Waals surface area contributed by atoms with E-state index in [9.17, 15) is 4.79 Å². The molecule has 0 amide bonds. The first-order valence-corrected chi connectivity index (χ1v) is 8.86. The highest BCUT2D eigenvalue weighted by molar-refractivity contribution is 6.19. The summed E-state index contributed by atoms with van der Waals surface area (Å²) >= 11 is 0. The van der Waals surface area contributed by atoms with Crippen molar-refractivity contribution in [3.63, 3.8) is 0 Å². The average Bonchev–Trinajstić information content (AvgIpc) is 2.73. The quantitative estimate of drug-likeness (QED) is 0.251. The lowest BCUT2D eigenvalue weighted by Crippen LogP contribution is -2.04. The van der Waals surface area contributed by atoms with Crippen molar-refractivity contribution in [2.75, 3.05) is 7.11 Å². The number of ether oxygens (including phenoxy) is 1. The molecule has 0 aliphatic heterocycles. The minimum Gasteiger partial charge on any atom is -0.465 e. The van der Waals surface area contributed by atoms with Crippen LogP contribution in [0.5, 0.6) is 0 Å². The van der Waals surface area contributed by atoms with E-state index in [0.717, 1.165) is 27.8 Å². The Bertz CT molecular complexity index is 950. The Morgan fingerprint density at radius 2 is 1.37 bits per heavy atom. The smallest absolute Gasteiger partial charge is 0.338 e. The average molecular weight is 354 g/mol. The van der Waals surface area contributed by atoms with E-state index in [0.29, 0.717) is 5.57 Å². The number of carbonyl (C=O) groups excluding carboxylic acids is 1. The second-order valence-electron chi connectivity index (χ2n) is 6.29. The van der Waals surface area contributed by atoms with Crippen LogP contribution in [0.4, 0.5) is 0 Å². The van der Waals surface area contributed by atoms with Crippen LogP contribution in [0, 0.1) is 6.92 Å². The van der Waals surface area contributed by atoms with Gasteiger partial charge in [-0.2, -0.15) is 0 Å². The van der Waals surface area contributed by atoms with E-state index in [-0.39, 0.29) is 5.97 Å². The van der Waals surface area contributed by atoms with E-state index in [1.807, 2.05) is 97.9 Å². The molecular formula is C25H22O2. The van der Waals surface area contributed by atoms with Crippen molar-refractivity contribution in [2.45, 2.75) is 6.92 Å². The SMILES string of the molecule is COC(=O)/C(=C/C(=C\c1ccccc1)c1ccccc1)c1ccc(C)cc1. The van der Waals surface area contributed by atoms with E-state index in [2.05, 4.69) is 6.08 Å². The molecular weight excluding hydrogens is 332 g/mol. The van der Waals surface area contributed by atoms with Crippen LogP contribution in [-0.2, 0) is 9.53 Å². The Morgan fingerprint density at radius 1 is 0.778 bits per heavy atom. The van der Waals surface area contributed by atoms with Crippen molar-refractivity contribution in [1.29, 1.82) is 0 Å². The largest absolute Gasteiger partial charge is 0.465 e. The number of methoxy groups -OCH3 is 1. The van der Waals surface area contributed by atoms with Gasteiger partial charge in [-0.1, -0.05) is 90.5 Å². The summed E-state index contributed by atoms with van der Waals surface area (Å²) in [4.78, 5) is 12.5. The highest BCUT2D eigenvalue weighted by atomic mass is 16.5. The Balaban J connectivity index is 2.15. The molecule has 134 valence electrons. The van der Waals surface area contributed by atoms with Gasteiger partial charge in [0.05, 0.1) is 12.7 Å². The number of esters is 1. The van der Waals surface area contributed by atoms with Crippen LogP contribution in [0.1, 0.15) is 22.3 Å². The van der Waals surface area contributed by atoms with E-state index in [1.165, 1.54) is 7.11 Å². The van der Waals surface area contributed by atoms with Gasteiger partial charge < -0.3 is 4.74 Å². The fourth-order valence-electron chi connectivity index (χ4n) is 2.83. The zero-order valence-corrected chi connectivity index (χ0v) is 15.6. The van der Waals surface area contributed by atoms with Crippen LogP contribution >= 0.6 is 0 Å². The second kappa shape index (κ2) is 8.81. The van der Waals surface area contributed by atoms with Crippen molar-refractivity contribution in [3.8, 4) is 0 Å². The molecule has 3 rings (SSSR count). The lowest BCUT2D eigenvalue weighted by Gasteiger charge is -2.10. The molecule has 2 nitrogen and oxygen atoms in total. The van der Waals surface area contributed by atoms with Gasteiger partial charge >= 0.3 is 5.97 Å². The zero-order chi connectivity index (χ0) is 19.1. The minimum atomic E-state index is -0.353. The van der Waals surface area contributed by atoms with E-state index >= 15 is 0 Å². The highest BCUT2D eigenvalue weighted by Gasteiger charge is 2.14. The van der Waals surface area contributed by atoms with Gasteiger partial charge in [0.15, 0.2) is 0 Å². The molecule has 0 fully saturated rings. The first-order chi connectivity index (χ1) is 13.2. The van der Waals surface area contributed by atoms with Crippen LogP contribution in [-0.4, -0.2) is 13.1 Å². The fraction of sp³-hybridized carbons (Fsp3) is 0.0800. The summed E-state index contributed by atoms with van der Waals surface area (Å²) in [5.74, 6) is -0.353. The normalized spacial score (nSPS) is 11.9. The highest BCUT2D eigenvalue weighted by Crippen LogP contribution is 2.26. The summed E-state index contributed by atoms with van der Waals surface area (Å²) in [6, 6.07) is 28.0. The van der Waals surface area contributed by atoms with Crippen molar-refractivity contribution < 1.29 is 9.53 Å². The Morgan fingerprint density at radius 3 is 1.96 bits per heavy atom. The van der Waals surface area contributed by atoms with E-state index < -0.39 is 0 Å². The van der Waals surface area contributed by atoms with Crippen LogP contribution in [0.2, 0.25) is 0 Å². The van der Waals surface area contributed by atoms with Gasteiger partial charge in [-0.15, -0.1) is 0 Å². The molecule has 2 heteroatoms.